The molecule has 1 aliphatic carbocycles. The SMILES string of the molecule is Cc1cc(C)c(NC(=O)c2ccc3nc(NC(=O)CC4CC4)sc3c2)c(C)c1. The van der Waals surface area contributed by atoms with Crippen LogP contribution in [-0.2, 0) is 4.79 Å². The van der Waals surface area contributed by atoms with Crippen molar-refractivity contribution in [3.63, 3.8) is 0 Å². The highest BCUT2D eigenvalue weighted by Gasteiger charge is 2.24. The molecule has 1 fully saturated rings. The number of aromatic nitrogens is 1. The first-order valence-electron chi connectivity index (χ1n) is 9.48. The number of carbonyl (C=O) groups is 2. The van der Waals surface area contributed by atoms with Crippen molar-refractivity contribution in [3.8, 4) is 0 Å². The van der Waals surface area contributed by atoms with E-state index in [1.165, 1.54) is 16.9 Å². The predicted octanol–water partition coefficient (Wildman–Crippen LogP) is 5.21. The lowest BCUT2D eigenvalue weighted by atomic mass is 10.0. The number of anilines is 2. The normalized spacial score (nSPS) is 13.5. The standard InChI is InChI=1S/C22H23N3O2S/c1-12-8-13(2)20(14(3)9-12)25-21(27)16-6-7-17-18(11-16)28-22(23-17)24-19(26)10-15-4-5-15/h6-9,11,15H,4-5,10H2,1-3H3,(H,25,27)(H,23,24,26). The van der Waals surface area contributed by atoms with Crippen LogP contribution in [0.3, 0.4) is 0 Å². The zero-order valence-electron chi connectivity index (χ0n) is 16.3. The van der Waals surface area contributed by atoms with Crippen LogP contribution in [0.1, 0.15) is 46.3 Å². The number of amides is 2. The van der Waals surface area contributed by atoms with Gasteiger partial charge in [-0.15, -0.1) is 0 Å². The van der Waals surface area contributed by atoms with Crippen LogP contribution in [0.25, 0.3) is 10.2 Å². The molecule has 6 heteroatoms. The molecule has 2 N–H and O–H groups in total. The van der Waals surface area contributed by atoms with Crippen molar-refractivity contribution in [1.82, 2.24) is 4.98 Å². The van der Waals surface area contributed by atoms with Crippen LogP contribution in [-0.4, -0.2) is 16.8 Å². The lowest BCUT2D eigenvalue weighted by Gasteiger charge is -2.12. The van der Waals surface area contributed by atoms with E-state index in [2.05, 4.69) is 27.8 Å². The number of aryl methyl sites for hydroxylation is 3. The highest BCUT2D eigenvalue weighted by atomic mass is 32.1. The molecule has 0 unspecified atom stereocenters. The van der Waals surface area contributed by atoms with Crippen molar-refractivity contribution in [2.75, 3.05) is 10.6 Å². The summed E-state index contributed by atoms with van der Waals surface area (Å²) in [5, 5.41) is 6.50. The van der Waals surface area contributed by atoms with Gasteiger partial charge >= 0.3 is 0 Å². The number of fused-ring (bicyclic) bond motifs is 1. The Morgan fingerprint density at radius 1 is 1.07 bits per heavy atom. The Balaban J connectivity index is 1.52. The van der Waals surface area contributed by atoms with Gasteiger partial charge in [-0.1, -0.05) is 29.0 Å². The molecule has 0 aliphatic heterocycles. The summed E-state index contributed by atoms with van der Waals surface area (Å²) >= 11 is 1.40. The van der Waals surface area contributed by atoms with E-state index in [4.69, 9.17) is 0 Å². The maximum absolute atomic E-state index is 12.8. The van der Waals surface area contributed by atoms with Gasteiger partial charge in [0, 0.05) is 17.7 Å². The van der Waals surface area contributed by atoms with Crippen molar-refractivity contribution in [1.29, 1.82) is 0 Å². The quantitative estimate of drug-likeness (QED) is 0.625. The molecule has 2 amide bonds. The molecule has 0 bridgehead atoms. The Kier molecular flexibility index (Phi) is 4.89. The smallest absolute Gasteiger partial charge is 0.255 e. The maximum atomic E-state index is 12.8. The number of hydrogen-bond acceptors (Lipinski definition) is 4. The molecule has 0 atom stereocenters. The lowest BCUT2D eigenvalue weighted by molar-refractivity contribution is -0.116. The third-order valence-electron chi connectivity index (χ3n) is 4.98. The van der Waals surface area contributed by atoms with Crippen molar-refractivity contribution in [3.05, 3.63) is 52.6 Å². The molecule has 1 aromatic heterocycles. The van der Waals surface area contributed by atoms with E-state index < -0.39 is 0 Å². The minimum Gasteiger partial charge on any atom is -0.322 e. The summed E-state index contributed by atoms with van der Waals surface area (Å²) in [6.45, 7) is 6.04. The first-order valence-corrected chi connectivity index (χ1v) is 10.3. The van der Waals surface area contributed by atoms with Crippen molar-refractivity contribution >= 4 is 44.2 Å². The number of hydrogen-bond donors (Lipinski definition) is 2. The summed E-state index contributed by atoms with van der Waals surface area (Å²) in [6, 6.07) is 9.55. The zero-order chi connectivity index (χ0) is 19.8. The number of nitrogens with one attached hydrogen (secondary N) is 2. The number of nitrogens with zero attached hydrogens (tertiary/aromatic N) is 1. The zero-order valence-corrected chi connectivity index (χ0v) is 17.1. The summed E-state index contributed by atoms with van der Waals surface area (Å²) < 4.78 is 0.881. The van der Waals surface area contributed by atoms with Crippen molar-refractivity contribution in [2.45, 2.75) is 40.0 Å². The van der Waals surface area contributed by atoms with E-state index in [-0.39, 0.29) is 11.8 Å². The van der Waals surface area contributed by atoms with E-state index in [1.807, 2.05) is 32.9 Å². The molecular weight excluding hydrogens is 370 g/mol. The minimum absolute atomic E-state index is 0.0184. The largest absolute Gasteiger partial charge is 0.322 e. The number of benzene rings is 2. The molecule has 144 valence electrons. The predicted molar refractivity (Wildman–Crippen MR) is 114 cm³/mol. The average molecular weight is 394 g/mol. The topological polar surface area (TPSA) is 71.1 Å². The summed E-state index contributed by atoms with van der Waals surface area (Å²) in [5.74, 6) is 0.410. The summed E-state index contributed by atoms with van der Waals surface area (Å²) in [7, 11) is 0. The fourth-order valence-corrected chi connectivity index (χ4v) is 4.36. The molecular formula is C22H23N3O2S. The fourth-order valence-electron chi connectivity index (χ4n) is 3.44. The second kappa shape index (κ2) is 7.36. The Bertz CT molecular complexity index is 1060. The van der Waals surface area contributed by atoms with Gasteiger partial charge in [0.1, 0.15) is 0 Å². The van der Waals surface area contributed by atoms with Crippen LogP contribution in [0, 0.1) is 26.7 Å². The Hall–Kier alpha value is -2.73. The van der Waals surface area contributed by atoms with Crippen LogP contribution in [0.2, 0.25) is 0 Å². The van der Waals surface area contributed by atoms with Crippen LogP contribution >= 0.6 is 11.3 Å². The van der Waals surface area contributed by atoms with Gasteiger partial charge in [-0.05, 0) is 68.9 Å². The van der Waals surface area contributed by atoms with Gasteiger partial charge in [-0.25, -0.2) is 4.98 Å². The van der Waals surface area contributed by atoms with E-state index in [0.717, 1.165) is 39.9 Å². The number of thiazole rings is 1. The Labute approximate surface area is 168 Å². The summed E-state index contributed by atoms with van der Waals surface area (Å²) in [6.07, 6.45) is 2.86. The fraction of sp³-hybridized carbons (Fsp3) is 0.318. The first-order chi connectivity index (χ1) is 13.4. The third kappa shape index (κ3) is 4.07. The molecule has 0 radical (unpaired) electrons. The molecule has 1 saturated carbocycles. The number of carbonyl (C=O) groups excluding carboxylic acids is 2. The van der Waals surface area contributed by atoms with Crippen molar-refractivity contribution < 1.29 is 9.59 Å². The minimum atomic E-state index is -0.148. The van der Waals surface area contributed by atoms with Crippen LogP contribution in [0.4, 0.5) is 10.8 Å². The molecule has 0 saturated heterocycles. The maximum Gasteiger partial charge on any atom is 0.255 e. The summed E-state index contributed by atoms with van der Waals surface area (Å²) in [5.41, 5.74) is 5.48. The van der Waals surface area contributed by atoms with Gasteiger partial charge in [0.2, 0.25) is 5.91 Å². The van der Waals surface area contributed by atoms with Gasteiger partial charge in [-0.2, -0.15) is 0 Å². The monoisotopic (exact) mass is 393 g/mol. The Morgan fingerprint density at radius 2 is 1.79 bits per heavy atom. The highest BCUT2D eigenvalue weighted by molar-refractivity contribution is 7.22. The molecule has 5 nitrogen and oxygen atoms in total. The third-order valence-corrected chi connectivity index (χ3v) is 5.92. The van der Waals surface area contributed by atoms with E-state index in [1.54, 1.807) is 6.07 Å². The highest BCUT2D eigenvalue weighted by Crippen LogP contribution is 2.33. The first kappa shape index (κ1) is 18.6. The van der Waals surface area contributed by atoms with Crippen LogP contribution in [0.15, 0.2) is 30.3 Å². The van der Waals surface area contributed by atoms with Gasteiger partial charge in [0.25, 0.3) is 5.91 Å². The van der Waals surface area contributed by atoms with E-state index >= 15 is 0 Å². The molecule has 4 rings (SSSR count). The second-order valence-corrected chi connectivity index (χ2v) is 8.66. The van der Waals surface area contributed by atoms with Crippen LogP contribution < -0.4 is 10.6 Å². The van der Waals surface area contributed by atoms with E-state index in [9.17, 15) is 9.59 Å². The molecule has 3 aromatic rings. The molecule has 1 aliphatic rings. The number of rotatable bonds is 5. The van der Waals surface area contributed by atoms with Gasteiger partial charge in [0.05, 0.1) is 10.2 Å². The van der Waals surface area contributed by atoms with Gasteiger partial charge < -0.3 is 10.6 Å². The molecule has 1 heterocycles. The molecule has 28 heavy (non-hydrogen) atoms. The van der Waals surface area contributed by atoms with Gasteiger partial charge in [0.15, 0.2) is 5.13 Å². The molecule has 2 aromatic carbocycles. The average Bonchev–Trinajstić information content (AvgIpc) is 3.33. The Morgan fingerprint density at radius 3 is 2.46 bits per heavy atom. The summed E-state index contributed by atoms with van der Waals surface area (Å²) in [4.78, 5) is 29.2. The second-order valence-electron chi connectivity index (χ2n) is 7.63. The van der Waals surface area contributed by atoms with Crippen LogP contribution in [0.5, 0.6) is 0 Å². The molecule has 0 spiro atoms. The van der Waals surface area contributed by atoms with E-state index in [0.29, 0.717) is 23.0 Å². The van der Waals surface area contributed by atoms with Crippen molar-refractivity contribution in [2.24, 2.45) is 5.92 Å². The van der Waals surface area contributed by atoms with Gasteiger partial charge in [-0.3, -0.25) is 9.59 Å². The lowest BCUT2D eigenvalue weighted by Crippen LogP contribution is -2.13.